The van der Waals surface area contributed by atoms with Crippen LogP contribution in [0, 0.1) is 0 Å². The molecule has 7 heteroatoms. The molecule has 0 aliphatic rings. The second-order valence-corrected chi connectivity index (χ2v) is 4.58. The van der Waals surface area contributed by atoms with E-state index in [9.17, 15) is 4.79 Å². The van der Waals surface area contributed by atoms with Gasteiger partial charge in [-0.25, -0.2) is 0 Å². The van der Waals surface area contributed by atoms with Crippen molar-refractivity contribution in [3.63, 3.8) is 0 Å². The maximum absolute atomic E-state index is 12.0. The highest BCUT2D eigenvalue weighted by molar-refractivity contribution is 6.03. The predicted molar refractivity (Wildman–Crippen MR) is 74.7 cm³/mol. The number of methoxy groups -OCH3 is 1. The van der Waals surface area contributed by atoms with Gasteiger partial charge in [0.15, 0.2) is 5.69 Å². The predicted octanol–water partition coefficient (Wildman–Crippen LogP) is 1.13. The van der Waals surface area contributed by atoms with Gasteiger partial charge < -0.3 is 15.0 Å². The summed E-state index contributed by atoms with van der Waals surface area (Å²) in [6.45, 7) is 0.775. The SMILES string of the molecule is COc1ccc(CN(C)C)cc1NC(=O)c1cn[nH]n1. The molecule has 2 aromatic rings. The molecular formula is C13H17N5O2. The van der Waals surface area contributed by atoms with Crippen molar-refractivity contribution < 1.29 is 9.53 Å². The zero-order valence-corrected chi connectivity index (χ0v) is 11.7. The molecule has 0 radical (unpaired) electrons. The Hall–Kier alpha value is -2.41. The number of rotatable bonds is 5. The van der Waals surface area contributed by atoms with Crippen LogP contribution < -0.4 is 10.1 Å². The van der Waals surface area contributed by atoms with Gasteiger partial charge in [0, 0.05) is 6.54 Å². The minimum absolute atomic E-state index is 0.227. The lowest BCUT2D eigenvalue weighted by Crippen LogP contribution is -2.14. The van der Waals surface area contributed by atoms with Gasteiger partial charge in [0.25, 0.3) is 5.91 Å². The largest absolute Gasteiger partial charge is 0.495 e. The van der Waals surface area contributed by atoms with Crippen molar-refractivity contribution in [1.82, 2.24) is 20.3 Å². The van der Waals surface area contributed by atoms with E-state index in [1.54, 1.807) is 7.11 Å². The summed E-state index contributed by atoms with van der Waals surface area (Å²) in [6, 6.07) is 5.68. The number of nitrogens with one attached hydrogen (secondary N) is 2. The molecule has 1 aromatic carbocycles. The zero-order valence-electron chi connectivity index (χ0n) is 11.7. The lowest BCUT2D eigenvalue weighted by molar-refractivity contribution is 0.102. The van der Waals surface area contributed by atoms with E-state index in [2.05, 4.69) is 20.7 Å². The smallest absolute Gasteiger partial charge is 0.277 e. The minimum atomic E-state index is -0.334. The first-order valence-corrected chi connectivity index (χ1v) is 6.09. The molecule has 1 aromatic heterocycles. The summed E-state index contributed by atoms with van der Waals surface area (Å²) >= 11 is 0. The number of ether oxygens (including phenoxy) is 1. The summed E-state index contributed by atoms with van der Waals surface area (Å²) in [4.78, 5) is 14.0. The average Bonchev–Trinajstić information content (AvgIpc) is 2.92. The van der Waals surface area contributed by atoms with Gasteiger partial charge in [0.1, 0.15) is 5.75 Å². The maximum atomic E-state index is 12.0. The van der Waals surface area contributed by atoms with Crippen LogP contribution in [0.4, 0.5) is 5.69 Å². The van der Waals surface area contributed by atoms with E-state index in [0.717, 1.165) is 12.1 Å². The number of aromatic amines is 1. The normalized spacial score (nSPS) is 10.6. The van der Waals surface area contributed by atoms with E-state index in [4.69, 9.17) is 4.74 Å². The number of carbonyl (C=O) groups excluding carboxylic acids is 1. The first-order chi connectivity index (χ1) is 9.60. The minimum Gasteiger partial charge on any atom is -0.495 e. The van der Waals surface area contributed by atoms with E-state index in [1.165, 1.54) is 6.20 Å². The molecule has 0 spiro atoms. The maximum Gasteiger partial charge on any atom is 0.277 e. The Bertz CT molecular complexity index is 580. The van der Waals surface area contributed by atoms with Crippen molar-refractivity contribution in [2.24, 2.45) is 0 Å². The number of anilines is 1. The van der Waals surface area contributed by atoms with Crippen molar-refractivity contribution in [3.05, 3.63) is 35.7 Å². The van der Waals surface area contributed by atoms with Crippen molar-refractivity contribution in [1.29, 1.82) is 0 Å². The highest BCUT2D eigenvalue weighted by Crippen LogP contribution is 2.26. The number of hydrogen-bond acceptors (Lipinski definition) is 5. The van der Waals surface area contributed by atoms with Crippen LogP contribution in [0.15, 0.2) is 24.4 Å². The topological polar surface area (TPSA) is 83.1 Å². The van der Waals surface area contributed by atoms with Crippen molar-refractivity contribution >= 4 is 11.6 Å². The van der Waals surface area contributed by atoms with Gasteiger partial charge in [-0.15, -0.1) is 0 Å². The third kappa shape index (κ3) is 3.33. The molecule has 2 rings (SSSR count). The van der Waals surface area contributed by atoms with Crippen LogP contribution in [0.5, 0.6) is 5.75 Å². The van der Waals surface area contributed by atoms with E-state index in [0.29, 0.717) is 11.4 Å². The first kappa shape index (κ1) is 14.0. The van der Waals surface area contributed by atoms with Crippen molar-refractivity contribution in [2.45, 2.75) is 6.54 Å². The summed E-state index contributed by atoms with van der Waals surface area (Å²) < 4.78 is 5.25. The van der Waals surface area contributed by atoms with Crippen LogP contribution in [0.1, 0.15) is 16.1 Å². The fourth-order valence-corrected chi connectivity index (χ4v) is 1.81. The molecule has 1 heterocycles. The fraction of sp³-hybridized carbons (Fsp3) is 0.308. The molecule has 0 aliphatic carbocycles. The van der Waals surface area contributed by atoms with Crippen LogP contribution in [0.25, 0.3) is 0 Å². The molecule has 20 heavy (non-hydrogen) atoms. The van der Waals surface area contributed by atoms with E-state index in [-0.39, 0.29) is 11.6 Å². The van der Waals surface area contributed by atoms with Crippen LogP contribution in [-0.4, -0.2) is 47.4 Å². The molecular weight excluding hydrogens is 258 g/mol. The van der Waals surface area contributed by atoms with Crippen LogP contribution in [0.3, 0.4) is 0 Å². The Balaban J connectivity index is 2.22. The second-order valence-electron chi connectivity index (χ2n) is 4.58. The number of amides is 1. The van der Waals surface area contributed by atoms with E-state index >= 15 is 0 Å². The quantitative estimate of drug-likeness (QED) is 0.854. The van der Waals surface area contributed by atoms with Gasteiger partial charge in [-0.3, -0.25) is 4.79 Å². The lowest BCUT2D eigenvalue weighted by Gasteiger charge is -2.14. The Morgan fingerprint density at radius 3 is 2.85 bits per heavy atom. The molecule has 0 saturated carbocycles. The zero-order chi connectivity index (χ0) is 14.5. The van der Waals surface area contributed by atoms with Gasteiger partial charge in [-0.1, -0.05) is 6.07 Å². The average molecular weight is 275 g/mol. The number of hydrogen-bond donors (Lipinski definition) is 2. The fourth-order valence-electron chi connectivity index (χ4n) is 1.81. The second kappa shape index (κ2) is 6.16. The summed E-state index contributed by atoms with van der Waals surface area (Å²) in [5, 5.41) is 12.5. The summed E-state index contributed by atoms with van der Waals surface area (Å²) in [7, 11) is 5.53. The highest BCUT2D eigenvalue weighted by atomic mass is 16.5. The standard InChI is InChI=1S/C13H17N5O2/c1-18(2)8-9-4-5-12(20-3)10(6-9)15-13(19)11-7-14-17-16-11/h4-7H,8H2,1-3H3,(H,15,19)(H,14,16,17). The Kier molecular flexibility index (Phi) is 4.31. The monoisotopic (exact) mass is 275 g/mol. The summed E-state index contributed by atoms with van der Waals surface area (Å²) in [6.07, 6.45) is 1.37. The van der Waals surface area contributed by atoms with E-state index < -0.39 is 0 Å². The lowest BCUT2D eigenvalue weighted by atomic mass is 10.1. The first-order valence-electron chi connectivity index (χ1n) is 6.09. The van der Waals surface area contributed by atoms with Crippen LogP contribution in [-0.2, 0) is 6.54 Å². The van der Waals surface area contributed by atoms with Gasteiger partial charge in [-0.05, 0) is 31.8 Å². The van der Waals surface area contributed by atoms with Crippen LogP contribution in [0.2, 0.25) is 0 Å². The Morgan fingerprint density at radius 2 is 2.25 bits per heavy atom. The molecule has 0 aliphatic heterocycles. The number of carbonyl (C=O) groups is 1. The summed E-state index contributed by atoms with van der Waals surface area (Å²) in [5.41, 5.74) is 1.91. The van der Waals surface area contributed by atoms with Crippen molar-refractivity contribution in [3.8, 4) is 5.75 Å². The Morgan fingerprint density at radius 1 is 1.45 bits per heavy atom. The van der Waals surface area contributed by atoms with Crippen LogP contribution >= 0.6 is 0 Å². The number of H-pyrrole nitrogens is 1. The number of aromatic nitrogens is 3. The number of benzene rings is 1. The van der Waals surface area contributed by atoms with Gasteiger partial charge in [0.05, 0.1) is 19.0 Å². The Labute approximate surface area is 116 Å². The third-order valence-corrected chi connectivity index (χ3v) is 2.66. The third-order valence-electron chi connectivity index (χ3n) is 2.66. The summed E-state index contributed by atoms with van der Waals surface area (Å²) in [5.74, 6) is 0.267. The molecule has 7 nitrogen and oxygen atoms in total. The van der Waals surface area contributed by atoms with Gasteiger partial charge >= 0.3 is 0 Å². The molecule has 0 fully saturated rings. The van der Waals surface area contributed by atoms with Gasteiger partial charge in [0.2, 0.25) is 0 Å². The molecule has 106 valence electrons. The molecule has 0 atom stereocenters. The molecule has 2 N–H and O–H groups in total. The van der Waals surface area contributed by atoms with Gasteiger partial charge in [-0.2, -0.15) is 15.4 Å². The molecule has 0 bridgehead atoms. The number of nitrogens with zero attached hydrogens (tertiary/aromatic N) is 3. The molecule has 0 saturated heterocycles. The highest BCUT2D eigenvalue weighted by Gasteiger charge is 2.12. The molecule has 1 amide bonds. The van der Waals surface area contributed by atoms with E-state index in [1.807, 2.05) is 37.2 Å². The van der Waals surface area contributed by atoms with Crippen molar-refractivity contribution in [2.75, 3.05) is 26.5 Å². The molecule has 0 unspecified atom stereocenters.